The SMILES string of the molecule is CCCCNS(=O)(=O)c1cnc(NCCC)c(Cl)c1. The van der Waals surface area contributed by atoms with Crippen molar-refractivity contribution in [2.24, 2.45) is 0 Å². The molecule has 0 aromatic carbocycles. The van der Waals surface area contributed by atoms with Crippen LogP contribution in [-0.4, -0.2) is 26.5 Å². The number of hydrogen-bond acceptors (Lipinski definition) is 4. The summed E-state index contributed by atoms with van der Waals surface area (Å²) < 4.78 is 26.4. The largest absolute Gasteiger partial charge is 0.369 e. The van der Waals surface area contributed by atoms with Crippen LogP contribution in [0, 0.1) is 0 Å². The molecule has 0 saturated heterocycles. The molecular formula is C12H20ClN3O2S. The maximum atomic E-state index is 12.0. The zero-order valence-corrected chi connectivity index (χ0v) is 12.8. The summed E-state index contributed by atoms with van der Waals surface area (Å²) in [6.07, 6.45) is 3.99. The molecule has 7 heteroatoms. The number of unbranched alkanes of at least 4 members (excludes halogenated alkanes) is 1. The Morgan fingerprint density at radius 2 is 2.00 bits per heavy atom. The third-order valence-corrected chi connectivity index (χ3v) is 4.21. The summed E-state index contributed by atoms with van der Waals surface area (Å²) >= 11 is 6.02. The van der Waals surface area contributed by atoms with Gasteiger partial charge in [-0.25, -0.2) is 18.1 Å². The molecule has 5 nitrogen and oxygen atoms in total. The molecule has 0 radical (unpaired) electrons. The van der Waals surface area contributed by atoms with E-state index in [0.29, 0.717) is 17.4 Å². The molecule has 0 fully saturated rings. The molecular weight excluding hydrogens is 286 g/mol. The molecule has 0 spiro atoms. The topological polar surface area (TPSA) is 71.1 Å². The first-order valence-electron chi connectivity index (χ1n) is 6.40. The molecule has 0 saturated carbocycles. The van der Waals surface area contributed by atoms with Crippen LogP contribution in [0.15, 0.2) is 17.2 Å². The number of rotatable bonds is 8. The highest BCUT2D eigenvalue weighted by Crippen LogP contribution is 2.22. The van der Waals surface area contributed by atoms with Gasteiger partial charge in [-0.15, -0.1) is 0 Å². The second-order valence-corrected chi connectivity index (χ2v) is 6.35. The lowest BCUT2D eigenvalue weighted by atomic mass is 10.3. The van der Waals surface area contributed by atoms with Crippen LogP contribution >= 0.6 is 11.6 Å². The first-order chi connectivity index (χ1) is 9.01. The summed E-state index contributed by atoms with van der Waals surface area (Å²) in [7, 11) is -3.52. The minimum absolute atomic E-state index is 0.0932. The fraction of sp³-hybridized carbons (Fsp3) is 0.583. The Labute approximate surface area is 119 Å². The number of anilines is 1. The molecule has 0 atom stereocenters. The Kier molecular flexibility index (Phi) is 6.54. The van der Waals surface area contributed by atoms with E-state index in [2.05, 4.69) is 15.0 Å². The average molecular weight is 306 g/mol. The van der Waals surface area contributed by atoms with Crippen molar-refractivity contribution in [1.29, 1.82) is 0 Å². The Balaban J connectivity index is 2.81. The third-order valence-electron chi connectivity index (χ3n) is 2.49. The van der Waals surface area contributed by atoms with E-state index >= 15 is 0 Å². The Morgan fingerprint density at radius 3 is 2.58 bits per heavy atom. The second kappa shape index (κ2) is 7.67. The van der Waals surface area contributed by atoms with Crippen molar-refractivity contribution >= 4 is 27.4 Å². The quantitative estimate of drug-likeness (QED) is 0.724. The van der Waals surface area contributed by atoms with Gasteiger partial charge >= 0.3 is 0 Å². The van der Waals surface area contributed by atoms with Gasteiger partial charge in [0.25, 0.3) is 0 Å². The van der Waals surface area contributed by atoms with Crippen LogP contribution in [0.2, 0.25) is 5.02 Å². The zero-order valence-electron chi connectivity index (χ0n) is 11.2. The molecule has 0 aliphatic rings. The van der Waals surface area contributed by atoms with Crippen molar-refractivity contribution in [3.63, 3.8) is 0 Å². The lowest BCUT2D eigenvalue weighted by Gasteiger charge is -2.09. The number of aromatic nitrogens is 1. The summed E-state index contributed by atoms with van der Waals surface area (Å²) in [6.45, 7) is 5.19. The van der Waals surface area contributed by atoms with Crippen molar-refractivity contribution in [3.05, 3.63) is 17.3 Å². The van der Waals surface area contributed by atoms with E-state index in [-0.39, 0.29) is 4.90 Å². The third kappa shape index (κ3) is 4.97. The van der Waals surface area contributed by atoms with Gasteiger partial charge in [-0.2, -0.15) is 0 Å². The fourth-order valence-electron chi connectivity index (χ4n) is 1.41. The molecule has 1 aromatic heterocycles. The Bertz CT molecular complexity index is 506. The van der Waals surface area contributed by atoms with Crippen molar-refractivity contribution in [2.75, 3.05) is 18.4 Å². The summed E-state index contributed by atoms with van der Waals surface area (Å²) in [5.74, 6) is 0.510. The minimum atomic E-state index is -3.52. The standard InChI is InChI=1S/C12H20ClN3O2S/c1-3-5-7-16-19(17,18)10-8-11(13)12(15-9-10)14-6-4-2/h8-9,16H,3-7H2,1-2H3,(H,14,15). The van der Waals surface area contributed by atoms with E-state index in [1.807, 2.05) is 13.8 Å². The number of pyridine rings is 1. The van der Waals surface area contributed by atoms with Crippen LogP contribution < -0.4 is 10.0 Å². The van der Waals surface area contributed by atoms with Gasteiger partial charge in [-0.3, -0.25) is 0 Å². The molecule has 0 aliphatic heterocycles. The number of sulfonamides is 1. The van der Waals surface area contributed by atoms with E-state index in [0.717, 1.165) is 25.8 Å². The first kappa shape index (κ1) is 16.2. The van der Waals surface area contributed by atoms with Crippen LogP contribution in [0.1, 0.15) is 33.1 Å². The zero-order chi connectivity index (χ0) is 14.3. The summed E-state index contributed by atoms with van der Waals surface area (Å²) in [5, 5.41) is 3.35. The maximum Gasteiger partial charge on any atom is 0.242 e. The number of nitrogens with one attached hydrogen (secondary N) is 2. The second-order valence-electron chi connectivity index (χ2n) is 4.18. The van der Waals surface area contributed by atoms with Crippen LogP contribution in [0.5, 0.6) is 0 Å². The van der Waals surface area contributed by atoms with Crippen LogP contribution in [0.25, 0.3) is 0 Å². The molecule has 2 N–H and O–H groups in total. The number of nitrogens with zero attached hydrogens (tertiary/aromatic N) is 1. The fourth-order valence-corrected chi connectivity index (χ4v) is 2.75. The van der Waals surface area contributed by atoms with Gasteiger partial charge in [0.2, 0.25) is 10.0 Å². The van der Waals surface area contributed by atoms with E-state index in [9.17, 15) is 8.42 Å². The van der Waals surface area contributed by atoms with Gasteiger partial charge in [-0.05, 0) is 18.9 Å². The van der Waals surface area contributed by atoms with Gasteiger partial charge in [0.05, 0.1) is 5.02 Å². The predicted molar refractivity (Wildman–Crippen MR) is 78.1 cm³/mol. The molecule has 0 unspecified atom stereocenters. The molecule has 0 aliphatic carbocycles. The molecule has 19 heavy (non-hydrogen) atoms. The summed E-state index contributed by atoms with van der Waals surface area (Å²) in [6, 6.07) is 1.42. The highest BCUT2D eigenvalue weighted by Gasteiger charge is 2.15. The van der Waals surface area contributed by atoms with Gasteiger partial charge in [-0.1, -0.05) is 31.9 Å². The predicted octanol–water partition coefficient (Wildman–Crippen LogP) is 2.64. The van der Waals surface area contributed by atoms with E-state index in [4.69, 9.17) is 11.6 Å². The molecule has 0 bridgehead atoms. The smallest absolute Gasteiger partial charge is 0.242 e. The van der Waals surface area contributed by atoms with E-state index in [1.165, 1.54) is 12.3 Å². The van der Waals surface area contributed by atoms with Gasteiger partial charge in [0.1, 0.15) is 10.7 Å². The average Bonchev–Trinajstić information content (AvgIpc) is 2.37. The van der Waals surface area contributed by atoms with E-state index < -0.39 is 10.0 Å². The molecule has 1 heterocycles. The lowest BCUT2D eigenvalue weighted by Crippen LogP contribution is -2.25. The summed E-state index contributed by atoms with van der Waals surface area (Å²) in [5.41, 5.74) is 0. The highest BCUT2D eigenvalue weighted by molar-refractivity contribution is 7.89. The monoisotopic (exact) mass is 305 g/mol. The Hall–Kier alpha value is -0.850. The maximum absolute atomic E-state index is 12.0. The molecule has 108 valence electrons. The van der Waals surface area contributed by atoms with Crippen molar-refractivity contribution < 1.29 is 8.42 Å². The van der Waals surface area contributed by atoms with Crippen LogP contribution in [-0.2, 0) is 10.0 Å². The van der Waals surface area contributed by atoms with Crippen molar-refractivity contribution in [3.8, 4) is 0 Å². The number of hydrogen-bond donors (Lipinski definition) is 2. The lowest BCUT2D eigenvalue weighted by molar-refractivity contribution is 0.578. The summed E-state index contributed by atoms with van der Waals surface area (Å²) in [4.78, 5) is 4.14. The van der Waals surface area contributed by atoms with E-state index in [1.54, 1.807) is 0 Å². The minimum Gasteiger partial charge on any atom is -0.369 e. The molecule has 1 rings (SSSR count). The Morgan fingerprint density at radius 1 is 1.26 bits per heavy atom. The normalized spacial score (nSPS) is 11.5. The number of halogens is 1. The highest BCUT2D eigenvalue weighted by atomic mass is 35.5. The van der Waals surface area contributed by atoms with Crippen LogP contribution in [0.4, 0.5) is 5.82 Å². The van der Waals surface area contributed by atoms with Gasteiger partial charge in [0, 0.05) is 19.3 Å². The van der Waals surface area contributed by atoms with Crippen molar-refractivity contribution in [2.45, 2.75) is 38.0 Å². The molecule has 1 aromatic rings. The first-order valence-corrected chi connectivity index (χ1v) is 8.26. The molecule has 0 amide bonds. The van der Waals surface area contributed by atoms with Crippen LogP contribution in [0.3, 0.4) is 0 Å². The van der Waals surface area contributed by atoms with Crippen molar-refractivity contribution in [1.82, 2.24) is 9.71 Å². The van der Waals surface area contributed by atoms with Gasteiger partial charge in [0.15, 0.2) is 0 Å². The van der Waals surface area contributed by atoms with Gasteiger partial charge < -0.3 is 5.32 Å².